The Bertz CT molecular complexity index is 530. The smallest absolute Gasteiger partial charge is 0.241 e. The topological polar surface area (TPSA) is 61.4 Å². The van der Waals surface area contributed by atoms with Gasteiger partial charge in [0.1, 0.15) is 5.82 Å². The molecule has 0 radical (unpaired) electrons. The fraction of sp³-hybridized carbons (Fsp3) is 0.500. The normalized spacial score (nSPS) is 15.4. The van der Waals surface area contributed by atoms with Crippen molar-refractivity contribution in [1.29, 1.82) is 0 Å². The van der Waals surface area contributed by atoms with Crippen molar-refractivity contribution >= 4 is 11.8 Å². The zero-order chi connectivity index (χ0) is 15.9. The number of amides is 2. The molecule has 5 nitrogen and oxygen atoms in total. The first-order chi connectivity index (χ1) is 10.6. The van der Waals surface area contributed by atoms with Crippen LogP contribution in [0.25, 0.3) is 0 Å². The molecule has 0 saturated carbocycles. The van der Waals surface area contributed by atoms with E-state index in [0.29, 0.717) is 5.56 Å². The van der Waals surface area contributed by atoms with E-state index in [1.165, 1.54) is 12.1 Å². The number of rotatable bonds is 5. The summed E-state index contributed by atoms with van der Waals surface area (Å²) in [5, 5.41) is 5.85. The van der Waals surface area contributed by atoms with Gasteiger partial charge >= 0.3 is 0 Å². The molecule has 6 heteroatoms. The van der Waals surface area contributed by atoms with Gasteiger partial charge in [-0.25, -0.2) is 4.39 Å². The van der Waals surface area contributed by atoms with Gasteiger partial charge in [-0.05, 0) is 43.6 Å². The number of nitrogens with zero attached hydrogens (tertiary/aromatic N) is 1. The van der Waals surface area contributed by atoms with Gasteiger partial charge in [0.2, 0.25) is 11.8 Å². The van der Waals surface area contributed by atoms with Gasteiger partial charge in [-0.3, -0.25) is 9.59 Å². The van der Waals surface area contributed by atoms with E-state index in [-0.39, 0.29) is 36.6 Å². The Morgan fingerprint density at radius 2 is 2.09 bits per heavy atom. The van der Waals surface area contributed by atoms with E-state index in [1.54, 1.807) is 24.1 Å². The molecular formula is C16H22FN3O2. The average Bonchev–Trinajstić information content (AvgIpc) is 2.52. The first-order valence-corrected chi connectivity index (χ1v) is 7.54. The van der Waals surface area contributed by atoms with Crippen molar-refractivity contribution < 1.29 is 14.0 Å². The highest BCUT2D eigenvalue weighted by Crippen LogP contribution is 2.09. The lowest BCUT2D eigenvalue weighted by Gasteiger charge is -2.31. The first-order valence-electron chi connectivity index (χ1n) is 7.54. The Labute approximate surface area is 129 Å². The number of likely N-dealkylation sites (N-methyl/N-ethyl adjacent to an activating group) is 1. The van der Waals surface area contributed by atoms with Crippen LogP contribution >= 0.6 is 0 Å². The molecule has 0 aliphatic carbocycles. The minimum absolute atomic E-state index is 0.0193. The minimum Gasteiger partial charge on any atom is -0.347 e. The van der Waals surface area contributed by atoms with Crippen LogP contribution in [0.15, 0.2) is 24.3 Å². The lowest BCUT2D eigenvalue weighted by molar-refractivity contribution is -0.133. The summed E-state index contributed by atoms with van der Waals surface area (Å²) in [7, 11) is 1.77. The molecule has 0 aromatic heterocycles. The number of carbonyl (C=O) groups is 2. The minimum atomic E-state index is -0.369. The maximum Gasteiger partial charge on any atom is 0.241 e. The fourth-order valence-electron chi connectivity index (χ4n) is 2.59. The summed E-state index contributed by atoms with van der Waals surface area (Å²) in [6.45, 7) is 1.80. The maximum absolute atomic E-state index is 13.0. The number of halogens is 1. The quantitative estimate of drug-likeness (QED) is 0.841. The molecule has 1 heterocycles. The van der Waals surface area contributed by atoms with Gasteiger partial charge in [0.05, 0.1) is 13.0 Å². The van der Waals surface area contributed by atoms with Crippen LogP contribution in [-0.2, 0) is 16.0 Å². The van der Waals surface area contributed by atoms with Crippen LogP contribution in [0.3, 0.4) is 0 Å². The predicted octanol–water partition coefficient (Wildman–Crippen LogP) is 0.695. The van der Waals surface area contributed by atoms with Gasteiger partial charge < -0.3 is 15.5 Å². The van der Waals surface area contributed by atoms with Gasteiger partial charge in [0, 0.05) is 13.1 Å². The van der Waals surface area contributed by atoms with Crippen molar-refractivity contribution in [1.82, 2.24) is 15.5 Å². The van der Waals surface area contributed by atoms with Crippen molar-refractivity contribution in [2.24, 2.45) is 0 Å². The number of hydrogen-bond donors (Lipinski definition) is 2. The molecule has 1 aromatic rings. The average molecular weight is 307 g/mol. The molecule has 2 rings (SSSR count). The summed E-state index contributed by atoms with van der Waals surface area (Å²) in [5.74, 6) is -0.746. The molecule has 2 N–H and O–H groups in total. The number of benzene rings is 1. The van der Waals surface area contributed by atoms with E-state index >= 15 is 0 Å². The van der Waals surface area contributed by atoms with Crippen molar-refractivity contribution in [2.45, 2.75) is 25.3 Å². The molecule has 22 heavy (non-hydrogen) atoms. The third kappa shape index (κ3) is 4.80. The second kappa shape index (κ2) is 7.89. The summed E-state index contributed by atoms with van der Waals surface area (Å²) in [5.41, 5.74) is 0.594. The highest BCUT2D eigenvalue weighted by molar-refractivity contribution is 5.85. The maximum atomic E-state index is 13.0. The van der Waals surface area contributed by atoms with Gasteiger partial charge in [0.15, 0.2) is 0 Å². The highest BCUT2D eigenvalue weighted by Gasteiger charge is 2.21. The summed E-state index contributed by atoms with van der Waals surface area (Å²) >= 11 is 0. The monoisotopic (exact) mass is 307 g/mol. The van der Waals surface area contributed by atoms with Crippen LogP contribution in [0.2, 0.25) is 0 Å². The summed E-state index contributed by atoms with van der Waals surface area (Å²) in [6, 6.07) is 6.13. The van der Waals surface area contributed by atoms with Crippen molar-refractivity contribution in [3.63, 3.8) is 0 Å². The van der Waals surface area contributed by atoms with Crippen LogP contribution in [-0.4, -0.2) is 49.4 Å². The molecule has 1 fully saturated rings. The number of piperidine rings is 1. The predicted molar refractivity (Wildman–Crippen MR) is 81.8 cm³/mol. The molecule has 1 aliphatic rings. The molecule has 2 amide bonds. The number of carbonyl (C=O) groups excluding carboxylic acids is 2. The Morgan fingerprint density at radius 3 is 2.77 bits per heavy atom. The SMILES string of the molecule is CN(C(=O)CNC(=O)Cc1cccc(F)c1)C1CCNCC1. The van der Waals surface area contributed by atoms with Gasteiger partial charge in [-0.1, -0.05) is 12.1 Å². The second-order valence-corrected chi connectivity index (χ2v) is 5.57. The van der Waals surface area contributed by atoms with E-state index in [1.807, 2.05) is 0 Å². The first kappa shape index (κ1) is 16.4. The molecule has 1 saturated heterocycles. The highest BCUT2D eigenvalue weighted by atomic mass is 19.1. The van der Waals surface area contributed by atoms with Crippen LogP contribution in [0, 0.1) is 5.82 Å². The van der Waals surface area contributed by atoms with Crippen LogP contribution in [0.1, 0.15) is 18.4 Å². The standard InChI is InChI=1S/C16H22FN3O2/c1-20(14-5-7-18-8-6-14)16(22)11-19-15(21)10-12-3-2-4-13(17)9-12/h2-4,9,14,18H,5-8,10-11H2,1H3,(H,19,21). The Morgan fingerprint density at radius 1 is 1.36 bits per heavy atom. The fourth-order valence-corrected chi connectivity index (χ4v) is 2.59. The van der Waals surface area contributed by atoms with Crippen molar-refractivity contribution in [3.8, 4) is 0 Å². The van der Waals surface area contributed by atoms with Crippen LogP contribution in [0.5, 0.6) is 0 Å². The lowest BCUT2D eigenvalue weighted by atomic mass is 10.1. The van der Waals surface area contributed by atoms with Crippen molar-refractivity contribution in [3.05, 3.63) is 35.6 Å². The van der Waals surface area contributed by atoms with Crippen LogP contribution < -0.4 is 10.6 Å². The van der Waals surface area contributed by atoms with E-state index in [4.69, 9.17) is 0 Å². The number of hydrogen-bond acceptors (Lipinski definition) is 3. The summed E-state index contributed by atoms with van der Waals surface area (Å²) in [6.07, 6.45) is 1.93. The Kier molecular flexibility index (Phi) is 5.89. The molecular weight excluding hydrogens is 285 g/mol. The lowest BCUT2D eigenvalue weighted by Crippen LogP contribution is -2.47. The summed E-state index contributed by atoms with van der Waals surface area (Å²) < 4.78 is 13.0. The van der Waals surface area contributed by atoms with E-state index in [0.717, 1.165) is 25.9 Å². The molecule has 0 unspecified atom stereocenters. The van der Waals surface area contributed by atoms with Gasteiger partial charge in [0.25, 0.3) is 0 Å². The van der Waals surface area contributed by atoms with E-state index in [2.05, 4.69) is 10.6 Å². The van der Waals surface area contributed by atoms with Gasteiger partial charge in [-0.2, -0.15) is 0 Å². The summed E-state index contributed by atoms with van der Waals surface area (Å²) in [4.78, 5) is 25.6. The zero-order valence-corrected chi connectivity index (χ0v) is 12.8. The van der Waals surface area contributed by atoms with Crippen LogP contribution in [0.4, 0.5) is 4.39 Å². The molecule has 1 aliphatic heterocycles. The Balaban J connectivity index is 1.76. The number of nitrogens with one attached hydrogen (secondary N) is 2. The van der Waals surface area contributed by atoms with E-state index < -0.39 is 0 Å². The Hall–Kier alpha value is -1.95. The largest absolute Gasteiger partial charge is 0.347 e. The molecule has 0 atom stereocenters. The van der Waals surface area contributed by atoms with Crippen molar-refractivity contribution in [2.75, 3.05) is 26.7 Å². The molecule has 0 spiro atoms. The molecule has 0 bridgehead atoms. The molecule has 120 valence electrons. The zero-order valence-electron chi connectivity index (χ0n) is 12.8. The van der Waals surface area contributed by atoms with Gasteiger partial charge in [-0.15, -0.1) is 0 Å². The molecule has 1 aromatic carbocycles. The third-order valence-electron chi connectivity index (χ3n) is 3.94. The van der Waals surface area contributed by atoms with E-state index in [9.17, 15) is 14.0 Å². The third-order valence-corrected chi connectivity index (χ3v) is 3.94. The second-order valence-electron chi connectivity index (χ2n) is 5.57.